The van der Waals surface area contributed by atoms with Gasteiger partial charge in [-0.25, -0.2) is 0 Å². The number of aromatic hydroxyl groups is 1. The van der Waals surface area contributed by atoms with Gasteiger partial charge in [0.25, 0.3) is 0 Å². The molecule has 6 heteroatoms. The fraction of sp³-hybridized carbons (Fsp3) is 0.286. The van der Waals surface area contributed by atoms with Crippen molar-refractivity contribution in [1.29, 1.82) is 0 Å². The van der Waals surface area contributed by atoms with Crippen molar-refractivity contribution in [1.82, 2.24) is 10.3 Å². The number of hydrogen-bond donors (Lipinski definition) is 3. The molecule has 1 aliphatic heterocycles. The van der Waals surface area contributed by atoms with E-state index in [1.54, 1.807) is 12.1 Å². The van der Waals surface area contributed by atoms with Gasteiger partial charge in [0, 0.05) is 23.3 Å². The summed E-state index contributed by atoms with van der Waals surface area (Å²) < 4.78 is 5.23. The van der Waals surface area contributed by atoms with Gasteiger partial charge in [-0.05, 0) is 67.4 Å². The molecule has 3 aromatic rings. The van der Waals surface area contributed by atoms with Gasteiger partial charge in [0.2, 0.25) is 0 Å². The lowest BCUT2D eigenvalue weighted by Crippen LogP contribution is -2.35. The van der Waals surface area contributed by atoms with Crippen LogP contribution in [-0.4, -0.2) is 36.3 Å². The molecule has 0 saturated carbocycles. The van der Waals surface area contributed by atoms with Crippen molar-refractivity contribution < 1.29 is 9.84 Å². The van der Waals surface area contributed by atoms with Crippen LogP contribution in [0.4, 0.5) is 5.69 Å². The average Bonchev–Trinajstić information content (AvgIpc) is 2.70. The van der Waals surface area contributed by atoms with E-state index in [2.05, 4.69) is 21.7 Å². The Kier molecular flexibility index (Phi) is 5.05. The number of piperidine rings is 1. The fourth-order valence-electron chi connectivity index (χ4n) is 3.53. The number of rotatable bonds is 4. The summed E-state index contributed by atoms with van der Waals surface area (Å²) in [5, 5.41) is 18.4. The number of halogens is 1. The second-order valence-corrected chi connectivity index (χ2v) is 7.18. The SMILES string of the molecule is COc1cc(-c2ccc3nccc(NC4CCNCC4)c3c2)cc(Cl)c1O. The first-order valence-corrected chi connectivity index (χ1v) is 9.46. The molecule has 3 N–H and O–H groups in total. The number of fused-ring (bicyclic) bond motifs is 1. The summed E-state index contributed by atoms with van der Waals surface area (Å²) in [6, 6.07) is 12.1. The Labute approximate surface area is 163 Å². The Hall–Kier alpha value is -2.50. The minimum Gasteiger partial charge on any atom is -0.503 e. The highest BCUT2D eigenvalue weighted by Gasteiger charge is 2.15. The van der Waals surface area contributed by atoms with Crippen molar-refractivity contribution in [2.45, 2.75) is 18.9 Å². The maximum absolute atomic E-state index is 9.99. The van der Waals surface area contributed by atoms with Crippen molar-refractivity contribution in [2.24, 2.45) is 0 Å². The summed E-state index contributed by atoms with van der Waals surface area (Å²) in [5.41, 5.74) is 3.90. The summed E-state index contributed by atoms with van der Waals surface area (Å²) in [6.45, 7) is 2.08. The fourth-order valence-corrected chi connectivity index (χ4v) is 3.74. The minimum absolute atomic E-state index is 0.0429. The molecule has 140 valence electrons. The topological polar surface area (TPSA) is 66.4 Å². The number of methoxy groups -OCH3 is 1. The van der Waals surface area contributed by atoms with E-state index < -0.39 is 0 Å². The summed E-state index contributed by atoms with van der Waals surface area (Å²) >= 11 is 6.17. The largest absolute Gasteiger partial charge is 0.503 e. The summed E-state index contributed by atoms with van der Waals surface area (Å²) in [7, 11) is 1.51. The molecule has 1 aliphatic rings. The van der Waals surface area contributed by atoms with E-state index in [0.29, 0.717) is 11.8 Å². The van der Waals surface area contributed by atoms with Gasteiger partial charge in [0.05, 0.1) is 17.6 Å². The number of nitrogens with one attached hydrogen (secondary N) is 2. The zero-order chi connectivity index (χ0) is 18.8. The predicted molar refractivity (Wildman–Crippen MR) is 110 cm³/mol. The van der Waals surface area contributed by atoms with E-state index >= 15 is 0 Å². The zero-order valence-electron chi connectivity index (χ0n) is 15.1. The second kappa shape index (κ2) is 7.62. The number of anilines is 1. The van der Waals surface area contributed by atoms with Crippen LogP contribution in [0.25, 0.3) is 22.0 Å². The number of phenolic OH excluding ortho intramolecular Hbond substituents is 1. The van der Waals surface area contributed by atoms with Crippen LogP contribution in [0.3, 0.4) is 0 Å². The first-order chi connectivity index (χ1) is 13.2. The van der Waals surface area contributed by atoms with Crippen LogP contribution in [0.5, 0.6) is 11.5 Å². The molecule has 2 aromatic carbocycles. The van der Waals surface area contributed by atoms with Crippen molar-refractivity contribution in [3.63, 3.8) is 0 Å². The highest BCUT2D eigenvalue weighted by Crippen LogP contribution is 2.39. The van der Waals surface area contributed by atoms with Crippen LogP contribution in [0, 0.1) is 0 Å². The van der Waals surface area contributed by atoms with E-state index in [1.807, 2.05) is 24.4 Å². The quantitative estimate of drug-likeness (QED) is 0.621. The molecule has 4 rings (SSSR count). The van der Waals surface area contributed by atoms with Crippen molar-refractivity contribution in [3.8, 4) is 22.6 Å². The molecule has 5 nitrogen and oxygen atoms in total. The number of pyridine rings is 1. The van der Waals surface area contributed by atoms with E-state index in [4.69, 9.17) is 16.3 Å². The molecule has 0 spiro atoms. The highest BCUT2D eigenvalue weighted by atomic mass is 35.5. The monoisotopic (exact) mass is 383 g/mol. The summed E-state index contributed by atoms with van der Waals surface area (Å²) in [5.74, 6) is 0.315. The molecule has 0 radical (unpaired) electrons. The molecule has 0 unspecified atom stereocenters. The third-order valence-corrected chi connectivity index (χ3v) is 5.31. The van der Waals surface area contributed by atoms with E-state index in [1.165, 1.54) is 7.11 Å². The molecule has 0 bridgehead atoms. The van der Waals surface area contributed by atoms with Gasteiger partial charge < -0.3 is 20.5 Å². The third-order valence-electron chi connectivity index (χ3n) is 5.02. The number of hydrogen-bond acceptors (Lipinski definition) is 5. The summed E-state index contributed by atoms with van der Waals surface area (Å²) in [4.78, 5) is 4.49. The third kappa shape index (κ3) is 3.66. The Balaban J connectivity index is 1.75. The summed E-state index contributed by atoms with van der Waals surface area (Å²) in [6.07, 6.45) is 4.05. The van der Waals surface area contributed by atoms with Gasteiger partial charge in [0.1, 0.15) is 0 Å². The Morgan fingerprint density at radius 3 is 2.74 bits per heavy atom. The molecule has 27 heavy (non-hydrogen) atoms. The van der Waals surface area contributed by atoms with Crippen molar-refractivity contribution >= 4 is 28.2 Å². The Morgan fingerprint density at radius 1 is 1.15 bits per heavy atom. The molecule has 1 aromatic heterocycles. The van der Waals surface area contributed by atoms with Crippen LogP contribution < -0.4 is 15.4 Å². The van der Waals surface area contributed by atoms with Crippen molar-refractivity contribution in [2.75, 3.05) is 25.5 Å². The molecule has 0 aliphatic carbocycles. The van der Waals surface area contributed by atoms with E-state index in [9.17, 15) is 5.11 Å². The predicted octanol–water partition coefficient (Wildman–Crippen LogP) is 4.43. The molecule has 1 saturated heterocycles. The van der Waals surface area contributed by atoms with Gasteiger partial charge in [-0.3, -0.25) is 4.98 Å². The molecular weight excluding hydrogens is 362 g/mol. The zero-order valence-corrected chi connectivity index (χ0v) is 15.9. The number of ether oxygens (including phenoxy) is 1. The van der Waals surface area contributed by atoms with Crippen LogP contribution in [0.2, 0.25) is 5.02 Å². The minimum atomic E-state index is -0.0429. The van der Waals surface area contributed by atoms with Gasteiger partial charge in [0.15, 0.2) is 11.5 Å². The lowest BCUT2D eigenvalue weighted by Gasteiger charge is -2.25. The van der Waals surface area contributed by atoms with Gasteiger partial charge in [-0.2, -0.15) is 0 Å². The van der Waals surface area contributed by atoms with E-state index in [-0.39, 0.29) is 10.8 Å². The lowest BCUT2D eigenvalue weighted by atomic mass is 10.0. The Bertz CT molecular complexity index is 971. The van der Waals surface area contributed by atoms with Gasteiger partial charge in [-0.15, -0.1) is 0 Å². The van der Waals surface area contributed by atoms with Crippen LogP contribution in [0.1, 0.15) is 12.8 Å². The highest BCUT2D eigenvalue weighted by molar-refractivity contribution is 6.32. The van der Waals surface area contributed by atoms with E-state index in [0.717, 1.165) is 53.6 Å². The lowest BCUT2D eigenvalue weighted by molar-refractivity contribution is 0.374. The standard InChI is InChI=1S/C21H22ClN3O2/c1-27-20-12-14(11-17(22)21(20)26)13-2-3-18-16(10-13)19(6-9-24-18)25-15-4-7-23-8-5-15/h2-3,6,9-12,15,23,26H,4-5,7-8H2,1H3,(H,24,25). The maximum atomic E-state index is 9.99. The van der Waals surface area contributed by atoms with Crippen molar-refractivity contribution in [3.05, 3.63) is 47.6 Å². The normalized spacial score (nSPS) is 15.0. The number of aromatic nitrogens is 1. The molecule has 0 amide bonds. The molecule has 1 fully saturated rings. The first kappa shape index (κ1) is 17.9. The molecular formula is C21H22ClN3O2. The van der Waals surface area contributed by atoms with Gasteiger partial charge in [-0.1, -0.05) is 17.7 Å². The molecule has 2 heterocycles. The smallest absolute Gasteiger partial charge is 0.176 e. The van der Waals surface area contributed by atoms with Crippen LogP contribution >= 0.6 is 11.6 Å². The number of benzene rings is 2. The second-order valence-electron chi connectivity index (χ2n) is 6.77. The average molecular weight is 384 g/mol. The number of nitrogens with zero attached hydrogens (tertiary/aromatic N) is 1. The molecule has 0 atom stereocenters. The number of phenols is 1. The maximum Gasteiger partial charge on any atom is 0.176 e. The van der Waals surface area contributed by atoms with Crippen LogP contribution in [0.15, 0.2) is 42.6 Å². The van der Waals surface area contributed by atoms with Gasteiger partial charge >= 0.3 is 0 Å². The van der Waals surface area contributed by atoms with Crippen LogP contribution in [-0.2, 0) is 0 Å². The first-order valence-electron chi connectivity index (χ1n) is 9.08. The Morgan fingerprint density at radius 2 is 1.96 bits per heavy atom.